The number of carbonyl (C=O) groups is 1. The predicted octanol–water partition coefficient (Wildman–Crippen LogP) is 4.84. The number of aromatic nitrogens is 2. The molecule has 25 heavy (non-hydrogen) atoms. The van der Waals surface area contributed by atoms with Gasteiger partial charge in [-0.3, -0.25) is 9.20 Å². The van der Waals surface area contributed by atoms with Crippen molar-refractivity contribution in [3.05, 3.63) is 71.1 Å². The van der Waals surface area contributed by atoms with Crippen LogP contribution in [0, 0.1) is 0 Å². The number of Topliss-reactive ketones (excluding diaryl/α,β-unsaturated/α-hetero) is 1. The molecule has 0 saturated heterocycles. The summed E-state index contributed by atoms with van der Waals surface area (Å²) in [6.07, 6.45) is -0.737. The molecule has 4 rings (SSSR count). The van der Waals surface area contributed by atoms with E-state index in [1.165, 1.54) is 27.4 Å². The summed E-state index contributed by atoms with van der Waals surface area (Å²) in [6, 6.07) is 13.9. The Hall–Kier alpha value is -2.60. The van der Waals surface area contributed by atoms with Crippen molar-refractivity contribution in [2.24, 2.45) is 0 Å². The molecule has 3 nitrogen and oxygen atoms in total. The zero-order valence-corrected chi connectivity index (χ0v) is 14.0. The third-order valence-electron chi connectivity index (χ3n) is 4.17. The number of carbonyl (C=O) groups excluding carboxylic acids is 1. The van der Waals surface area contributed by atoms with Crippen molar-refractivity contribution < 1.29 is 13.6 Å². The van der Waals surface area contributed by atoms with Crippen LogP contribution in [-0.4, -0.2) is 15.2 Å². The number of hydrogen-bond acceptors (Lipinski definition) is 3. The van der Waals surface area contributed by atoms with Crippen LogP contribution in [0.15, 0.2) is 54.2 Å². The fourth-order valence-corrected chi connectivity index (χ4v) is 3.94. The van der Waals surface area contributed by atoms with Gasteiger partial charge in [0.15, 0.2) is 0 Å². The maximum absolute atomic E-state index is 12.9. The second-order valence-corrected chi connectivity index (χ2v) is 6.76. The molecular weight excluding hydrogens is 342 g/mol. The molecule has 2 heterocycles. The molecule has 0 saturated carbocycles. The van der Waals surface area contributed by atoms with Crippen LogP contribution in [-0.2, 0) is 17.6 Å². The van der Waals surface area contributed by atoms with Crippen LogP contribution in [0.1, 0.15) is 23.4 Å². The second kappa shape index (κ2) is 6.37. The molecule has 2 aromatic heterocycles. The molecule has 0 unspecified atom stereocenters. The number of benzene rings is 2. The Kier molecular flexibility index (Phi) is 4.05. The molecule has 0 N–H and O–H groups in total. The number of thiazole rings is 1. The summed E-state index contributed by atoms with van der Waals surface area (Å²) in [7, 11) is 0. The van der Waals surface area contributed by atoms with Gasteiger partial charge in [0.05, 0.1) is 12.1 Å². The highest BCUT2D eigenvalue weighted by Gasteiger charge is 2.18. The molecular formula is C19H14F2N2OS. The van der Waals surface area contributed by atoms with Gasteiger partial charge in [0.2, 0.25) is 0 Å². The van der Waals surface area contributed by atoms with Crippen LogP contribution in [0.3, 0.4) is 0 Å². The summed E-state index contributed by atoms with van der Waals surface area (Å²) in [5.41, 5.74) is 1.42. The molecule has 0 aliphatic heterocycles. The van der Waals surface area contributed by atoms with Crippen molar-refractivity contribution >= 4 is 32.7 Å². The average molecular weight is 356 g/mol. The minimum atomic E-state index is -2.55. The first-order valence-corrected chi connectivity index (χ1v) is 8.70. The lowest BCUT2D eigenvalue weighted by atomic mass is 10.0. The molecule has 0 atom stereocenters. The van der Waals surface area contributed by atoms with Crippen molar-refractivity contribution in [1.82, 2.24) is 9.38 Å². The van der Waals surface area contributed by atoms with Crippen LogP contribution in [0.4, 0.5) is 8.78 Å². The first-order chi connectivity index (χ1) is 12.1. The first-order valence-electron chi connectivity index (χ1n) is 7.82. The van der Waals surface area contributed by atoms with Gasteiger partial charge in [-0.05, 0) is 16.3 Å². The molecule has 0 aliphatic rings. The lowest BCUT2D eigenvalue weighted by Gasteiger charge is -2.03. The SMILES string of the molecule is O=C(Cc1ccc2ccccc2c1)Cc1ncn2c(C(F)F)csc12. The zero-order valence-electron chi connectivity index (χ0n) is 13.2. The molecule has 0 spiro atoms. The Morgan fingerprint density at radius 1 is 1.12 bits per heavy atom. The molecule has 4 aromatic rings. The van der Waals surface area contributed by atoms with Gasteiger partial charge in [0.25, 0.3) is 6.43 Å². The number of nitrogens with zero attached hydrogens (tertiary/aromatic N) is 2. The number of imidazole rings is 1. The third kappa shape index (κ3) is 3.05. The topological polar surface area (TPSA) is 34.4 Å². The minimum Gasteiger partial charge on any atom is -0.299 e. The Morgan fingerprint density at radius 3 is 2.72 bits per heavy atom. The minimum absolute atomic E-state index is 0.0166. The first kappa shape index (κ1) is 15.9. The average Bonchev–Trinajstić information content (AvgIpc) is 3.17. The molecule has 0 fully saturated rings. The van der Waals surface area contributed by atoms with E-state index in [1.807, 2.05) is 42.5 Å². The Bertz CT molecular complexity index is 1070. The molecule has 0 amide bonds. The van der Waals surface area contributed by atoms with Crippen LogP contribution < -0.4 is 0 Å². The van der Waals surface area contributed by atoms with Crippen molar-refractivity contribution in [2.75, 3.05) is 0 Å². The fraction of sp³-hybridized carbons (Fsp3) is 0.158. The molecule has 0 radical (unpaired) electrons. The standard InChI is InChI=1S/C19H14F2N2OS/c20-18(21)17-10-25-19-16(22-11-23(17)19)9-15(24)8-12-5-6-13-3-1-2-4-14(13)7-12/h1-7,10-11,18H,8-9H2. The normalized spacial score (nSPS) is 11.6. The quantitative estimate of drug-likeness (QED) is 0.513. The summed E-state index contributed by atoms with van der Waals surface area (Å²) >= 11 is 1.19. The summed E-state index contributed by atoms with van der Waals surface area (Å²) in [4.78, 5) is 17.2. The predicted molar refractivity (Wildman–Crippen MR) is 94.4 cm³/mol. The van der Waals surface area contributed by atoms with E-state index >= 15 is 0 Å². The van der Waals surface area contributed by atoms with Gasteiger partial charge in [-0.1, -0.05) is 42.5 Å². The number of halogens is 2. The lowest BCUT2D eigenvalue weighted by molar-refractivity contribution is -0.117. The van der Waals surface area contributed by atoms with Gasteiger partial charge < -0.3 is 0 Å². The maximum atomic E-state index is 12.9. The van der Waals surface area contributed by atoms with E-state index in [0.29, 0.717) is 16.9 Å². The Balaban J connectivity index is 1.53. The zero-order chi connectivity index (χ0) is 17.4. The largest absolute Gasteiger partial charge is 0.299 e. The van der Waals surface area contributed by atoms with E-state index in [4.69, 9.17) is 0 Å². The summed E-state index contributed by atoms with van der Waals surface area (Å²) in [6.45, 7) is 0. The monoisotopic (exact) mass is 356 g/mol. The van der Waals surface area contributed by atoms with Gasteiger partial charge in [-0.15, -0.1) is 11.3 Å². The number of alkyl halides is 2. The second-order valence-electron chi connectivity index (χ2n) is 5.90. The van der Waals surface area contributed by atoms with Crippen molar-refractivity contribution in [2.45, 2.75) is 19.3 Å². The molecule has 2 aromatic carbocycles. The van der Waals surface area contributed by atoms with Gasteiger partial charge in [0, 0.05) is 11.8 Å². The molecule has 0 aliphatic carbocycles. The van der Waals surface area contributed by atoms with Gasteiger partial charge >= 0.3 is 0 Å². The van der Waals surface area contributed by atoms with Gasteiger partial charge in [-0.25, -0.2) is 13.8 Å². The van der Waals surface area contributed by atoms with Gasteiger partial charge in [0.1, 0.15) is 22.6 Å². The lowest BCUT2D eigenvalue weighted by Crippen LogP contribution is -2.07. The van der Waals surface area contributed by atoms with E-state index in [2.05, 4.69) is 4.98 Å². The fourth-order valence-electron chi connectivity index (χ4n) is 2.96. The van der Waals surface area contributed by atoms with E-state index in [-0.39, 0.29) is 17.9 Å². The highest BCUT2D eigenvalue weighted by Crippen LogP contribution is 2.27. The van der Waals surface area contributed by atoms with Crippen molar-refractivity contribution in [3.8, 4) is 0 Å². The van der Waals surface area contributed by atoms with Crippen LogP contribution in [0.25, 0.3) is 15.6 Å². The number of hydrogen-bond donors (Lipinski definition) is 0. The smallest absolute Gasteiger partial charge is 0.279 e. The van der Waals surface area contributed by atoms with Crippen molar-refractivity contribution in [1.29, 1.82) is 0 Å². The summed E-state index contributed by atoms with van der Waals surface area (Å²) in [5.74, 6) is 0.0166. The molecule has 126 valence electrons. The number of fused-ring (bicyclic) bond motifs is 2. The Morgan fingerprint density at radius 2 is 1.92 bits per heavy atom. The third-order valence-corrected chi connectivity index (χ3v) is 5.18. The van der Waals surface area contributed by atoms with Crippen LogP contribution >= 0.6 is 11.3 Å². The highest BCUT2D eigenvalue weighted by atomic mass is 32.1. The van der Waals surface area contributed by atoms with Crippen LogP contribution in [0.2, 0.25) is 0 Å². The van der Waals surface area contributed by atoms with E-state index in [0.717, 1.165) is 16.3 Å². The van der Waals surface area contributed by atoms with E-state index in [1.54, 1.807) is 0 Å². The Labute approximate surface area is 146 Å². The van der Waals surface area contributed by atoms with Crippen molar-refractivity contribution in [3.63, 3.8) is 0 Å². The van der Waals surface area contributed by atoms with Crippen LogP contribution in [0.5, 0.6) is 0 Å². The van der Waals surface area contributed by atoms with E-state index < -0.39 is 6.43 Å². The number of rotatable bonds is 5. The summed E-state index contributed by atoms with van der Waals surface area (Å²) < 4.78 is 27.2. The highest BCUT2D eigenvalue weighted by molar-refractivity contribution is 7.15. The summed E-state index contributed by atoms with van der Waals surface area (Å²) in [5, 5.41) is 3.64. The van der Waals surface area contributed by atoms with Gasteiger partial charge in [-0.2, -0.15) is 0 Å². The maximum Gasteiger partial charge on any atom is 0.279 e. The molecule has 6 heteroatoms. The molecule has 0 bridgehead atoms. The number of ketones is 1. The van der Waals surface area contributed by atoms with E-state index in [9.17, 15) is 13.6 Å².